The number of nitrogens with zero attached hydrogens (tertiary/aromatic N) is 2. The molecule has 1 unspecified atom stereocenters. The van der Waals surface area contributed by atoms with E-state index < -0.39 is 28.5 Å². The first-order chi connectivity index (χ1) is 16.0. The second kappa shape index (κ2) is 12.3. The molecule has 2 rings (SSSR count). The van der Waals surface area contributed by atoms with E-state index in [4.69, 9.17) is 27.9 Å². The van der Waals surface area contributed by atoms with Gasteiger partial charge in [0, 0.05) is 18.1 Å². The van der Waals surface area contributed by atoms with Crippen LogP contribution in [-0.4, -0.2) is 57.6 Å². The van der Waals surface area contributed by atoms with Gasteiger partial charge in [-0.2, -0.15) is 0 Å². The largest absolute Gasteiger partial charge is 0.495 e. The van der Waals surface area contributed by atoms with Crippen molar-refractivity contribution in [2.24, 2.45) is 0 Å². The first-order valence-corrected chi connectivity index (χ1v) is 13.2. The molecule has 1 N–H and O–H groups in total. The zero-order valence-corrected chi connectivity index (χ0v) is 21.9. The summed E-state index contributed by atoms with van der Waals surface area (Å²) in [5.41, 5.74) is 0.947. The van der Waals surface area contributed by atoms with Crippen LogP contribution in [0.1, 0.15) is 25.8 Å². The van der Waals surface area contributed by atoms with Gasteiger partial charge in [-0.05, 0) is 49.2 Å². The van der Waals surface area contributed by atoms with E-state index in [9.17, 15) is 18.0 Å². The number of methoxy groups -OCH3 is 1. The highest BCUT2D eigenvalue weighted by Gasteiger charge is 2.30. The molecule has 8 nitrogen and oxygen atoms in total. The molecule has 0 radical (unpaired) electrons. The molecule has 1 atom stereocenters. The van der Waals surface area contributed by atoms with E-state index >= 15 is 0 Å². The van der Waals surface area contributed by atoms with Gasteiger partial charge in [-0.3, -0.25) is 13.9 Å². The van der Waals surface area contributed by atoms with E-state index in [0.717, 1.165) is 22.5 Å². The molecule has 186 valence electrons. The zero-order chi connectivity index (χ0) is 25.5. The van der Waals surface area contributed by atoms with Crippen LogP contribution in [0.15, 0.2) is 42.5 Å². The molecule has 11 heteroatoms. The maximum atomic E-state index is 13.4. The van der Waals surface area contributed by atoms with E-state index in [-0.39, 0.29) is 23.2 Å². The van der Waals surface area contributed by atoms with E-state index in [1.165, 1.54) is 30.2 Å². The van der Waals surface area contributed by atoms with Gasteiger partial charge in [0.1, 0.15) is 18.3 Å². The molecule has 0 fully saturated rings. The van der Waals surface area contributed by atoms with Crippen molar-refractivity contribution >= 4 is 50.7 Å². The third-order valence-corrected chi connectivity index (χ3v) is 6.77. The molecular weight excluding hydrogens is 501 g/mol. The van der Waals surface area contributed by atoms with Crippen molar-refractivity contribution in [3.8, 4) is 5.75 Å². The van der Waals surface area contributed by atoms with Gasteiger partial charge in [-0.1, -0.05) is 42.3 Å². The molecule has 34 heavy (non-hydrogen) atoms. The standard InChI is InChI=1S/C23H29Cl2N3O5S/c1-5-12-26-23(30)16(2)27(14-17-6-8-18(24)9-7-17)22(29)15-28(34(4,31)32)19-10-11-21(33-3)20(25)13-19/h6-11,13,16H,5,12,14-15H2,1-4H3,(H,26,30). The molecule has 0 aliphatic carbocycles. The average Bonchev–Trinajstić information content (AvgIpc) is 2.79. The molecule has 0 saturated heterocycles. The van der Waals surface area contributed by atoms with Crippen molar-refractivity contribution in [2.45, 2.75) is 32.9 Å². The molecule has 0 bridgehead atoms. The van der Waals surface area contributed by atoms with Gasteiger partial charge in [-0.25, -0.2) is 8.42 Å². The van der Waals surface area contributed by atoms with Crippen LogP contribution in [-0.2, 0) is 26.2 Å². The Labute approximate surface area is 210 Å². The first-order valence-electron chi connectivity index (χ1n) is 10.6. The smallest absolute Gasteiger partial charge is 0.244 e. The number of anilines is 1. The van der Waals surface area contributed by atoms with Crippen molar-refractivity contribution < 1.29 is 22.7 Å². The second-order valence-electron chi connectivity index (χ2n) is 7.70. The predicted octanol–water partition coefficient (Wildman–Crippen LogP) is 3.71. The fourth-order valence-electron chi connectivity index (χ4n) is 3.19. The highest BCUT2D eigenvalue weighted by Crippen LogP contribution is 2.30. The second-order valence-corrected chi connectivity index (χ2v) is 10.5. The Kier molecular flexibility index (Phi) is 10.0. The monoisotopic (exact) mass is 529 g/mol. The number of carbonyl (C=O) groups excluding carboxylic acids is 2. The Balaban J connectivity index is 2.38. The van der Waals surface area contributed by atoms with Crippen molar-refractivity contribution in [1.82, 2.24) is 10.2 Å². The minimum Gasteiger partial charge on any atom is -0.495 e. The SMILES string of the molecule is CCCNC(=O)C(C)N(Cc1ccc(Cl)cc1)C(=O)CN(c1ccc(OC)c(Cl)c1)S(C)(=O)=O. The van der Waals surface area contributed by atoms with Crippen molar-refractivity contribution in [1.29, 1.82) is 0 Å². The van der Waals surface area contributed by atoms with Crippen LogP contribution in [0, 0.1) is 0 Å². The Morgan fingerprint density at radius 1 is 1.12 bits per heavy atom. The summed E-state index contributed by atoms with van der Waals surface area (Å²) in [4.78, 5) is 27.4. The van der Waals surface area contributed by atoms with E-state index in [1.807, 2.05) is 6.92 Å². The Hall–Kier alpha value is -2.49. The van der Waals surface area contributed by atoms with Gasteiger partial charge < -0.3 is 15.0 Å². The van der Waals surface area contributed by atoms with E-state index in [1.54, 1.807) is 31.2 Å². The number of rotatable bonds is 11. The number of carbonyl (C=O) groups is 2. The maximum absolute atomic E-state index is 13.4. The molecule has 0 aromatic heterocycles. The highest BCUT2D eigenvalue weighted by atomic mass is 35.5. The van der Waals surface area contributed by atoms with Crippen LogP contribution in [0.2, 0.25) is 10.0 Å². The number of nitrogens with one attached hydrogen (secondary N) is 1. The average molecular weight is 530 g/mol. The summed E-state index contributed by atoms with van der Waals surface area (Å²) in [5.74, 6) is -0.509. The maximum Gasteiger partial charge on any atom is 0.244 e. The summed E-state index contributed by atoms with van der Waals surface area (Å²) in [6.07, 6.45) is 1.74. The van der Waals surface area contributed by atoms with Crippen LogP contribution < -0.4 is 14.4 Å². The lowest BCUT2D eigenvalue weighted by Gasteiger charge is -2.31. The van der Waals surface area contributed by atoms with Crippen LogP contribution in [0.3, 0.4) is 0 Å². The van der Waals surface area contributed by atoms with Crippen molar-refractivity contribution in [2.75, 3.05) is 30.8 Å². The zero-order valence-electron chi connectivity index (χ0n) is 19.5. The third-order valence-electron chi connectivity index (χ3n) is 5.09. The number of sulfonamides is 1. The van der Waals surface area contributed by atoms with Gasteiger partial charge in [0.2, 0.25) is 21.8 Å². The lowest BCUT2D eigenvalue weighted by Crippen LogP contribution is -2.51. The Morgan fingerprint density at radius 2 is 1.76 bits per heavy atom. The number of halogens is 2. The number of ether oxygens (including phenoxy) is 1. The molecule has 2 aromatic carbocycles. The van der Waals surface area contributed by atoms with Crippen molar-refractivity contribution in [3.05, 3.63) is 58.1 Å². The molecule has 0 saturated carbocycles. The van der Waals surface area contributed by atoms with E-state index in [2.05, 4.69) is 5.32 Å². The quantitative estimate of drug-likeness (QED) is 0.478. The van der Waals surface area contributed by atoms with Crippen LogP contribution in [0.25, 0.3) is 0 Å². The fraction of sp³-hybridized carbons (Fsp3) is 0.391. The summed E-state index contributed by atoms with van der Waals surface area (Å²) in [6, 6.07) is 10.5. The Bertz CT molecular complexity index is 1110. The van der Waals surface area contributed by atoms with Crippen LogP contribution in [0.5, 0.6) is 5.75 Å². The molecule has 2 amide bonds. The number of hydrogen-bond acceptors (Lipinski definition) is 5. The van der Waals surface area contributed by atoms with Gasteiger partial charge in [0.15, 0.2) is 0 Å². The normalized spacial score (nSPS) is 12.1. The van der Waals surface area contributed by atoms with Crippen LogP contribution >= 0.6 is 23.2 Å². The third kappa shape index (κ3) is 7.51. The summed E-state index contributed by atoms with van der Waals surface area (Å²) in [7, 11) is -2.41. The fourth-order valence-corrected chi connectivity index (χ4v) is 4.41. The predicted molar refractivity (Wildman–Crippen MR) is 135 cm³/mol. The summed E-state index contributed by atoms with van der Waals surface area (Å²) >= 11 is 12.1. The minimum absolute atomic E-state index is 0.0949. The van der Waals surface area contributed by atoms with Crippen LogP contribution in [0.4, 0.5) is 5.69 Å². The number of hydrogen-bond donors (Lipinski definition) is 1. The molecule has 0 aliphatic rings. The van der Waals surface area contributed by atoms with E-state index in [0.29, 0.717) is 17.3 Å². The van der Waals surface area contributed by atoms with Gasteiger partial charge in [0.25, 0.3) is 0 Å². The van der Waals surface area contributed by atoms with Crippen molar-refractivity contribution in [3.63, 3.8) is 0 Å². The first kappa shape index (κ1) is 27.8. The topological polar surface area (TPSA) is 96.0 Å². The molecule has 0 heterocycles. The van der Waals surface area contributed by atoms with Gasteiger partial charge in [0.05, 0.1) is 24.1 Å². The summed E-state index contributed by atoms with van der Waals surface area (Å²) < 4.78 is 31.2. The molecular formula is C23H29Cl2N3O5S. The summed E-state index contributed by atoms with van der Waals surface area (Å²) in [5, 5.41) is 3.52. The Morgan fingerprint density at radius 3 is 2.29 bits per heavy atom. The summed E-state index contributed by atoms with van der Waals surface area (Å²) in [6.45, 7) is 3.57. The molecule has 0 spiro atoms. The highest BCUT2D eigenvalue weighted by molar-refractivity contribution is 7.92. The molecule has 0 aliphatic heterocycles. The lowest BCUT2D eigenvalue weighted by atomic mass is 10.1. The van der Waals surface area contributed by atoms with Gasteiger partial charge in [-0.15, -0.1) is 0 Å². The minimum atomic E-state index is -3.85. The lowest BCUT2D eigenvalue weighted by molar-refractivity contribution is -0.139. The van der Waals surface area contributed by atoms with Gasteiger partial charge >= 0.3 is 0 Å². The number of amides is 2. The number of benzene rings is 2. The molecule has 2 aromatic rings.